The molecule has 1 aromatic carbocycles. The highest BCUT2D eigenvalue weighted by atomic mass is 19.1. The lowest BCUT2D eigenvalue weighted by Crippen LogP contribution is -2.48. The van der Waals surface area contributed by atoms with Crippen molar-refractivity contribution in [2.24, 2.45) is 0 Å². The third-order valence-electron chi connectivity index (χ3n) is 3.84. The van der Waals surface area contributed by atoms with Crippen molar-refractivity contribution in [3.8, 4) is 0 Å². The van der Waals surface area contributed by atoms with E-state index in [-0.39, 0.29) is 24.8 Å². The Morgan fingerprint density at radius 2 is 2.08 bits per heavy atom. The Hall–Kier alpha value is -2.19. The molecular formula is C16H22FN3O4. The molecule has 0 aliphatic carbocycles. The minimum Gasteiger partial charge on any atom is -0.388 e. The average molecular weight is 339 g/mol. The van der Waals surface area contributed by atoms with E-state index in [1.807, 2.05) is 0 Å². The van der Waals surface area contributed by atoms with E-state index in [9.17, 15) is 19.1 Å². The Bertz CT molecular complexity index is 611. The Morgan fingerprint density at radius 1 is 1.33 bits per heavy atom. The first-order valence-corrected chi connectivity index (χ1v) is 7.89. The Balaban J connectivity index is 2.12. The molecule has 132 valence electrons. The van der Waals surface area contributed by atoms with Gasteiger partial charge >= 0.3 is 6.03 Å². The van der Waals surface area contributed by atoms with Crippen molar-refractivity contribution < 1.29 is 23.8 Å². The van der Waals surface area contributed by atoms with Gasteiger partial charge in [0.1, 0.15) is 5.82 Å². The lowest BCUT2D eigenvalue weighted by Gasteiger charge is -2.29. The second-order valence-electron chi connectivity index (χ2n) is 5.48. The van der Waals surface area contributed by atoms with Crippen LogP contribution >= 0.6 is 0 Å². The van der Waals surface area contributed by atoms with Gasteiger partial charge in [0.15, 0.2) is 0 Å². The monoisotopic (exact) mass is 339 g/mol. The molecule has 0 unspecified atom stereocenters. The third-order valence-corrected chi connectivity index (χ3v) is 3.84. The lowest BCUT2D eigenvalue weighted by molar-refractivity contribution is -0.115. The van der Waals surface area contributed by atoms with Crippen molar-refractivity contribution in [3.05, 3.63) is 24.0 Å². The van der Waals surface area contributed by atoms with Crippen LogP contribution < -0.4 is 10.6 Å². The van der Waals surface area contributed by atoms with Gasteiger partial charge in [0.05, 0.1) is 31.0 Å². The molecule has 1 aromatic rings. The fraction of sp³-hybridized carbons (Fsp3) is 0.500. The van der Waals surface area contributed by atoms with E-state index in [0.29, 0.717) is 18.7 Å². The molecule has 3 N–H and O–H groups in total. The number of nitrogens with one attached hydrogen (secondary N) is 2. The Kier molecular flexibility index (Phi) is 6.10. The molecule has 1 aliphatic heterocycles. The van der Waals surface area contributed by atoms with E-state index in [2.05, 4.69) is 10.6 Å². The number of carbonyl (C=O) groups is 2. The van der Waals surface area contributed by atoms with Gasteiger partial charge < -0.3 is 25.4 Å². The van der Waals surface area contributed by atoms with E-state index >= 15 is 0 Å². The second-order valence-corrected chi connectivity index (χ2v) is 5.48. The van der Waals surface area contributed by atoms with Crippen LogP contribution in [-0.2, 0) is 9.53 Å². The standard InChI is InChI=1S/C16H22FN3O4/c1-3-15(22)18-10-5-6-11(17)12(7-10)19-16(23)20(4-2)13-8-24-9-14(13)21/h5-7,13-14,21H,3-4,8-9H2,1-2H3,(H,18,22)(H,19,23)/t13-,14-/m0/s1. The molecule has 2 rings (SSSR count). The van der Waals surface area contributed by atoms with Gasteiger partial charge in [0, 0.05) is 18.7 Å². The van der Waals surface area contributed by atoms with Crippen molar-refractivity contribution in [2.75, 3.05) is 30.4 Å². The second kappa shape index (κ2) is 8.07. The number of hydrogen-bond donors (Lipinski definition) is 3. The maximum absolute atomic E-state index is 14.0. The first-order chi connectivity index (χ1) is 11.5. The normalized spacial score (nSPS) is 19.8. The maximum Gasteiger partial charge on any atom is 0.322 e. The number of aliphatic hydroxyl groups excluding tert-OH is 1. The third kappa shape index (κ3) is 4.21. The summed E-state index contributed by atoms with van der Waals surface area (Å²) in [7, 11) is 0. The van der Waals surface area contributed by atoms with Gasteiger partial charge in [-0.05, 0) is 25.1 Å². The minimum atomic E-state index is -0.768. The van der Waals surface area contributed by atoms with Crippen LogP contribution in [0.4, 0.5) is 20.6 Å². The molecule has 0 aromatic heterocycles. The predicted molar refractivity (Wildman–Crippen MR) is 87.3 cm³/mol. The predicted octanol–water partition coefficient (Wildman–Crippen LogP) is 1.79. The molecule has 7 nitrogen and oxygen atoms in total. The quantitative estimate of drug-likeness (QED) is 0.763. The van der Waals surface area contributed by atoms with Crippen molar-refractivity contribution in [2.45, 2.75) is 32.4 Å². The minimum absolute atomic E-state index is 0.0410. The summed E-state index contributed by atoms with van der Waals surface area (Å²) in [5.41, 5.74) is 0.353. The molecule has 1 fully saturated rings. The van der Waals surface area contributed by atoms with Crippen LogP contribution in [0.15, 0.2) is 18.2 Å². The SMILES string of the molecule is CCC(=O)Nc1ccc(F)c(NC(=O)N(CC)[C@H]2COC[C@@H]2O)c1. The van der Waals surface area contributed by atoms with Gasteiger partial charge in [-0.2, -0.15) is 0 Å². The van der Waals surface area contributed by atoms with Gasteiger partial charge in [-0.1, -0.05) is 6.92 Å². The van der Waals surface area contributed by atoms with Gasteiger partial charge in [-0.15, -0.1) is 0 Å². The highest BCUT2D eigenvalue weighted by Crippen LogP contribution is 2.21. The fourth-order valence-electron chi connectivity index (χ4n) is 2.49. The summed E-state index contributed by atoms with van der Waals surface area (Å²) in [6, 6.07) is 2.94. The molecule has 1 aliphatic rings. The summed E-state index contributed by atoms with van der Waals surface area (Å²) < 4.78 is 19.1. The van der Waals surface area contributed by atoms with E-state index in [1.165, 1.54) is 23.1 Å². The van der Waals surface area contributed by atoms with Crippen LogP contribution in [-0.4, -0.2) is 53.8 Å². The zero-order valence-corrected chi connectivity index (χ0v) is 13.7. The topological polar surface area (TPSA) is 90.9 Å². The molecule has 0 spiro atoms. The Morgan fingerprint density at radius 3 is 2.67 bits per heavy atom. The van der Waals surface area contributed by atoms with E-state index in [0.717, 1.165) is 0 Å². The number of halogens is 1. The van der Waals surface area contributed by atoms with Crippen LogP contribution in [0.2, 0.25) is 0 Å². The van der Waals surface area contributed by atoms with Gasteiger partial charge in [0.2, 0.25) is 5.91 Å². The summed E-state index contributed by atoms with van der Waals surface area (Å²) in [4.78, 5) is 25.2. The van der Waals surface area contributed by atoms with E-state index in [4.69, 9.17) is 4.74 Å². The average Bonchev–Trinajstić information content (AvgIpc) is 2.97. The zero-order valence-electron chi connectivity index (χ0n) is 13.7. The molecule has 0 bridgehead atoms. The van der Waals surface area contributed by atoms with Gasteiger partial charge in [-0.3, -0.25) is 4.79 Å². The van der Waals surface area contributed by atoms with Crippen molar-refractivity contribution in [1.29, 1.82) is 0 Å². The molecule has 1 heterocycles. The van der Waals surface area contributed by atoms with Crippen LogP contribution in [0, 0.1) is 5.82 Å². The number of benzene rings is 1. The number of ether oxygens (including phenoxy) is 1. The molecule has 8 heteroatoms. The lowest BCUT2D eigenvalue weighted by atomic mass is 10.2. The number of hydrogen-bond acceptors (Lipinski definition) is 4. The first kappa shape index (κ1) is 18.2. The molecular weight excluding hydrogens is 317 g/mol. The van der Waals surface area contributed by atoms with E-state index in [1.54, 1.807) is 13.8 Å². The van der Waals surface area contributed by atoms with Crippen LogP contribution in [0.3, 0.4) is 0 Å². The number of likely N-dealkylation sites (N-methyl/N-ethyl adjacent to an activating group) is 1. The van der Waals surface area contributed by atoms with Crippen molar-refractivity contribution in [3.63, 3.8) is 0 Å². The summed E-state index contributed by atoms with van der Waals surface area (Å²) in [6.45, 7) is 4.21. The molecule has 0 radical (unpaired) electrons. The van der Waals surface area contributed by atoms with E-state index < -0.39 is 24.0 Å². The summed E-state index contributed by atoms with van der Waals surface area (Å²) in [5.74, 6) is -0.822. The van der Waals surface area contributed by atoms with Crippen LogP contribution in [0.25, 0.3) is 0 Å². The first-order valence-electron chi connectivity index (χ1n) is 7.89. The zero-order chi connectivity index (χ0) is 17.7. The maximum atomic E-state index is 14.0. The smallest absolute Gasteiger partial charge is 0.322 e. The van der Waals surface area contributed by atoms with Gasteiger partial charge in [0.25, 0.3) is 0 Å². The van der Waals surface area contributed by atoms with Gasteiger partial charge in [-0.25, -0.2) is 9.18 Å². The Labute approximate surface area is 139 Å². The molecule has 3 amide bonds. The summed E-state index contributed by atoms with van der Waals surface area (Å²) in [5, 5.41) is 15.0. The number of carbonyl (C=O) groups excluding carboxylic acids is 2. The highest BCUT2D eigenvalue weighted by Gasteiger charge is 2.34. The molecule has 2 atom stereocenters. The number of nitrogens with zero attached hydrogens (tertiary/aromatic N) is 1. The summed E-state index contributed by atoms with van der Waals surface area (Å²) in [6.07, 6.45) is -0.474. The number of aliphatic hydroxyl groups is 1. The number of amides is 3. The number of urea groups is 1. The summed E-state index contributed by atoms with van der Waals surface area (Å²) >= 11 is 0. The largest absolute Gasteiger partial charge is 0.388 e. The van der Waals surface area contributed by atoms with Crippen molar-refractivity contribution >= 4 is 23.3 Å². The molecule has 1 saturated heterocycles. The molecule has 0 saturated carbocycles. The molecule has 24 heavy (non-hydrogen) atoms. The highest BCUT2D eigenvalue weighted by molar-refractivity contribution is 5.93. The number of anilines is 2. The van der Waals surface area contributed by atoms with Crippen LogP contribution in [0.5, 0.6) is 0 Å². The fourth-order valence-corrected chi connectivity index (χ4v) is 2.49. The van der Waals surface area contributed by atoms with Crippen LogP contribution in [0.1, 0.15) is 20.3 Å². The number of rotatable bonds is 5. The van der Waals surface area contributed by atoms with Crippen molar-refractivity contribution in [1.82, 2.24) is 4.90 Å².